The average Bonchev–Trinajstić information content (AvgIpc) is 3.34. The lowest BCUT2D eigenvalue weighted by atomic mass is 10.0. The fraction of sp³-hybridized carbons (Fsp3) is 0.333. The van der Waals surface area contributed by atoms with Crippen molar-refractivity contribution in [2.24, 2.45) is 0 Å². The summed E-state index contributed by atoms with van der Waals surface area (Å²) in [6.45, 7) is 3.55. The van der Waals surface area contributed by atoms with Crippen molar-refractivity contribution in [3.05, 3.63) is 83.0 Å². The van der Waals surface area contributed by atoms with Crippen LogP contribution in [0.3, 0.4) is 0 Å². The normalized spacial score (nSPS) is 18.0. The van der Waals surface area contributed by atoms with E-state index in [2.05, 4.69) is 9.88 Å². The van der Waals surface area contributed by atoms with Crippen molar-refractivity contribution in [3.63, 3.8) is 0 Å². The number of carbonyl (C=O) groups is 1. The van der Waals surface area contributed by atoms with Crippen molar-refractivity contribution in [1.29, 1.82) is 0 Å². The monoisotopic (exact) mass is 496 g/mol. The molecular formula is C27H27F3N4O2. The molecule has 1 unspecified atom stereocenters. The van der Waals surface area contributed by atoms with E-state index in [1.165, 1.54) is 17.0 Å². The first-order chi connectivity index (χ1) is 17.3. The number of carbonyl (C=O) groups excluding carboxylic acids is 1. The summed E-state index contributed by atoms with van der Waals surface area (Å²) in [5.41, 5.74) is 2.84. The Morgan fingerprint density at radius 3 is 2.61 bits per heavy atom. The van der Waals surface area contributed by atoms with Crippen LogP contribution in [-0.2, 0) is 19.3 Å². The van der Waals surface area contributed by atoms with Crippen molar-refractivity contribution >= 4 is 17.4 Å². The number of methoxy groups -OCH3 is 1. The van der Waals surface area contributed by atoms with Crippen LogP contribution < -0.4 is 14.5 Å². The number of pyridine rings is 1. The number of nitrogens with zero attached hydrogens (tertiary/aromatic N) is 4. The van der Waals surface area contributed by atoms with E-state index in [0.29, 0.717) is 24.7 Å². The van der Waals surface area contributed by atoms with Crippen LogP contribution in [0, 0.1) is 6.92 Å². The van der Waals surface area contributed by atoms with E-state index in [4.69, 9.17) is 4.74 Å². The number of aryl methyl sites for hydroxylation is 1. The number of amides is 2. The fourth-order valence-corrected chi connectivity index (χ4v) is 5.22. The topological polar surface area (TPSA) is 48.9 Å². The number of urea groups is 1. The molecule has 2 aliphatic rings. The second-order valence-corrected chi connectivity index (χ2v) is 9.15. The first-order valence-electron chi connectivity index (χ1n) is 11.8. The molecule has 0 aliphatic carbocycles. The minimum Gasteiger partial charge on any atom is -0.480 e. The molecule has 2 amide bonds. The van der Waals surface area contributed by atoms with Crippen LogP contribution in [0.4, 0.5) is 29.3 Å². The van der Waals surface area contributed by atoms with Crippen LogP contribution in [-0.4, -0.2) is 42.2 Å². The zero-order chi connectivity index (χ0) is 25.4. The van der Waals surface area contributed by atoms with E-state index < -0.39 is 11.7 Å². The summed E-state index contributed by atoms with van der Waals surface area (Å²) in [6.07, 6.45) is -2.06. The number of aromatic nitrogens is 1. The number of fused-ring (bicyclic) bond motifs is 1. The van der Waals surface area contributed by atoms with Gasteiger partial charge in [-0.25, -0.2) is 9.78 Å². The van der Waals surface area contributed by atoms with Gasteiger partial charge in [-0.1, -0.05) is 36.4 Å². The third kappa shape index (κ3) is 4.34. The second kappa shape index (κ2) is 9.37. The van der Waals surface area contributed by atoms with Gasteiger partial charge in [-0.2, -0.15) is 13.2 Å². The highest BCUT2D eigenvalue weighted by Gasteiger charge is 2.40. The Morgan fingerprint density at radius 2 is 1.83 bits per heavy atom. The predicted octanol–water partition coefficient (Wildman–Crippen LogP) is 5.64. The van der Waals surface area contributed by atoms with Crippen LogP contribution in [0.15, 0.2) is 60.8 Å². The molecule has 1 aromatic heterocycles. The summed E-state index contributed by atoms with van der Waals surface area (Å²) in [5, 5.41) is 0. The predicted molar refractivity (Wildman–Crippen MR) is 131 cm³/mol. The Hall–Kier alpha value is -3.75. The summed E-state index contributed by atoms with van der Waals surface area (Å²) in [7, 11) is 1.58. The number of benzene rings is 2. The van der Waals surface area contributed by atoms with Gasteiger partial charge in [-0.15, -0.1) is 0 Å². The largest absolute Gasteiger partial charge is 0.480 e. The van der Waals surface area contributed by atoms with Gasteiger partial charge in [0.1, 0.15) is 5.69 Å². The van der Waals surface area contributed by atoms with Crippen molar-refractivity contribution in [2.45, 2.75) is 38.7 Å². The molecule has 188 valence electrons. The molecule has 1 fully saturated rings. The lowest BCUT2D eigenvalue weighted by molar-refractivity contribution is -0.138. The number of hydrogen-bond donors (Lipinski definition) is 0. The van der Waals surface area contributed by atoms with Crippen LogP contribution in [0.1, 0.15) is 28.7 Å². The molecule has 0 bridgehead atoms. The SMILES string of the molecule is COc1nccc(C)c1N1CCC(N2Cc3ccccc3N(Cc3ccccc3C(F)(F)F)C2=O)C1. The molecule has 2 aromatic carbocycles. The van der Waals surface area contributed by atoms with Crippen LogP contribution in [0.2, 0.25) is 0 Å². The fourth-order valence-electron chi connectivity index (χ4n) is 5.22. The first-order valence-corrected chi connectivity index (χ1v) is 11.8. The molecule has 3 aromatic rings. The second-order valence-electron chi connectivity index (χ2n) is 9.15. The minimum absolute atomic E-state index is 0.0683. The maximum absolute atomic E-state index is 13.8. The maximum Gasteiger partial charge on any atom is 0.416 e. The minimum atomic E-state index is -4.50. The lowest BCUT2D eigenvalue weighted by Gasteiger charge is -2.40. The molecule has 0 radical (unpaired) electrons. The standard InChI is InChI=1S/C27H27F3N4O2/c1-18-11-13-31-25(36-2)24(18)32-14-12-21(17-32)33-16-20-8-4-6-10-23(20)34(26(33)35)15-19-7-3-5-9-22(19)27(28,29)30/h3-11,13,21H,12,14-17H2,1-2H3. The van der Waals surface area contributed by atoms with E-state index in [9.17, 15) is 18.0 Å². The van der Waals surface area contributed by atoms with E-state index in [1.54, 1.807) is 36.4 Å². The van der Waals surface area contributed by atoms with Gasteiger partial charge in [0.25, 0.3) is 0 Å². The summed E-state index contributed by atoms with van der Waals surface area (Å²) >= 11 is 0. The first kappa shape index (κ1) is 24.0. The molecule has 1 atom stereocenters. The number of hydrogen-bond acceptors (Lipinski definition) is 4. The van der Waals surface area contributed by atoms with Crippen molar-refractivity contribution < 1.29 is 22.7 Å². The highest BCUT2D eigenvalue weighted by molar-refractivity contribution is 5.95. The number of anilines is 2. The van der Waals surface area contributed by atoms with E-state index in [-0.39, 0.29) is 24.2 Å². The van der Waals surface area contributed by atoms with Crippen LogP contribution in [0.5, 0.6) is 5.88 Å². The van der Waals surface area contributed by atoms with Crippen molar-refractivity contribution in [2.75, 3.05) is 30.0 Å². The van der Waals surface area contributed by atoms with Gasteiger partial charge in [-0.05, 0) is 48.2 Å². The molecule has 0 spiro atoms. The summed E-state index contributed by atoms with van der Waals surface area (Å²) in [6, 6.07) is 14.4. The van der Waals surface area contributed by atoms with Gasteiger partial charge in [0.2, 0.25) is 5.88 Å². The van der Waals surface area contributed by atoms with Crippen LogP contribution in [0.25, 0.3) is 0 Å². The van der Waals surface area contributed by atoms with E-state index in [0.717, 1.165) is 35.8 Å². The average molecular weight is 497 g/mol. The Balaban J connectivity index is 1.45. The third-order valence-corrected chi connectivity index (χ3v) is 6.96. The van der Waals surface area contributed by atoms with Crippen molar-refractivity contribution in [1.82, 2.24) is 9.88 Å². The number of para-hydroxylation sites is 1. The molecule has 36 heavy (non-hydrogen) atoms. The molecule has 9 heteroatoms. The number of halogens is 3. The van der Waals surface area contributed by atoms with Gasteiger partial charge in [0.15, 0.2) is 0 Å². The molecule has 1 saturated heterocycles. The molecule has 0 N–H and O–H groups in total. The summed E-state index contributed by atoms with van der Waals surface area (Å²) < 4.78 is 46.5. The zero-order valence-electron chi connectivity index (χ0n) is 20.1. The molecule has 2 aliphatic heterocycles. The van der Waals surface area contributed by atoms with Gasteiger partial charge in [-0.3, -0.25) is 4.90 Å². The van der Waals surface area contributed by atoms with E-state index >= 15 is 0 Å². The quantitative estimate of drug-likeness (QED) is 0.459. The number of rotatable bonds is 5. The van der Waals surface area contributed by atoms with Gasteiger partial charge in [0.05, 0.1) is 30.9 Å². The van der Waals surface area contributed by atoms with Crippen molar-refractivity contribution in [3.8, 4) is 5.88 Å². The Bertz CT molecular complexity index is 1280. The third-order valence-electron chi connectivity index (χ3n) is 6.96. The molecule has 6 nitrogen and oxygen atoms in total. The molecule has 3 heterocycles. The molecule has 0 saturated carbocycles. The smallest absolute Gasteiger partial charge is 0.416 e. The van der Waals surface area contributed by atoms with E-state index in [1.807, 2.05) is 25.1 Å². The zero-order valence-corrected chi connectivity index (χ0v) is 20.1. The molecular weight excluding hydrogens is 469 g/mol. The number of alkyl halides is 3. The highest BCUT2D eigenvalue weighted by atomic mass is 19.4. The maximum atomic E-state index is 13.8. The molecule has 5 rings (SSSR count). The highest BCUT2D eigenvalue weighted by Crippen LogP contribution is 2.38. The summed E-state index contributed by atoms with van der Waals surface area (Å²) in [4.78, 5) is 23.5. The van der Waals surface area contributed by atoms with Gasteiger partial charge in [0, 0.05) is 25.8 Å². The van der Waals surface area contributed by atoms with Crippen LogP contribution >= 0.6 is 0 Å². The Labute approximate surface area is 207 Å². The summed E-state index contributed by atoms with van der Waals surface area (Å²) in [5.74, 6) is 0.538. The lowest BCUT2D eigenvalue weighted by Crippen LogP contribution is -2.52. The Kier molecular flexibility index (Phi) is 6.24. The van der Waals surface area contributed by atoms with Gasteiger partial charge >= 0.3 is 12.2 Å². The number of ether oxygens (including phenoxy) is 1. The van der Waals surface area contributed by atoms with Gasteiger partial charge < -0.3 is 14.5 Å². The Morgan fingerprint density at radius 1 is 1.08 bits per heavy atom.